The lowest BCUT2D eigenvalue weighted by molar-refractivity contribution is -0.120. The Bertz CT molecular complexity index is 90.4. The summed E-state index contributed by atoms with van der Waals surface area (Å²) in [7, 11) is 0. The summed E-state index contributed by atoms with van der Waals surface area (Å²) in [4.78, 5) is 10.3. The molecule has 0 heterocycles. The zero-order chi connectivity index (χ0) is 6.73. The van der Waals surface area contributed by atoms with Crippen molar-refractivity contribution in [3.63, 3.8) is 0 Å². The van der Waals surface area contributed by atoms with E-state index in [1.165, 1.54) is 13.8 Å². The molecule has 0 amide bonds. The van der Waals surface area contributed by atoms with Gasteiger partial charge in [-0.25, -0.2) is 0 Å². The minimum Gasteiger partial charge on any atom is -0.391 e. The van der Waals surface area contributed by atoms with Gasteiger partial charge in [0.15, 0.2) is 0 Å². The summed E-state index contributed by atoms with van der Waals surface area (Å²) < 4.78 is 0. The quantitative estimate of drug-likeness (QED) is 0.502. The summed E-state index contributed by atoms with van der Waals surface area (Å²) in [5.41, 5.74) is 5.16. The Labute approximate surface area is 48.5 Å². The van der Waals surface area contributed by atoms with Crippen LogP contribution in [-0.4, -0.2) is 23.0 Å². The van der Waals surface area contributed by atoms with E-state index in [1.54, 1.807) is 0 Å². The molecule has 0 aliphatic carbocycles. The van der Waals surface area contributed by atoms with Gasteiger partial charge in [0.2, 0.25) is 0 Å². The summed E-state index contributed by atoms with van der Waals surface area (Å²) in [5.74, 6) is -0.181. The number of aliphatic hydroxyl groups excluding tert-OH is 1. The molecule has 0 saturated carbocycles. The number of rotatable bonds is 2. The summed E-state index contributed by atoms with van der Waals surface area (Å²) in [6.45, 7) is 2.85. The van der Waals surface area contributed by atoms with Gasteiger partial charge in [0, 0.05) is 0 Å². The second-order valence-electron chi connectivity index (χ2n) is 1.88. The van der Waals surface area contributed by atoms with Crippen LogP contribution in [0, 0.1) is 0 Å². The second-order valence-corrected chi connectivity index (χ2v) is 1.88. The highest BCUT2D eigenvalue weighted by atomic mass is 16.3. The van der Waals surface area contributed by atoms with Crippen molar-refractivity contribution >= 4 is 5.78 Å². The van der Waals surface area contributed by atoms with Gasteiger partial charge in [0.25, 0.3) is 0 Å². The monoisotopic (exact) mass is 117 g/mol. The number of Topliss-reactive ketones (excluding diaryl/α,β-unsaturated/α-hetero) is 1. The molecule has 0 aromatic heterocycles. The molecule has 0 bridgehead atoms. The molecule has 3 heteroatoms. The number of carbonyl (C=O) groups is 1. The standard InChI is InChI=1S/C5H11NO2/c1-3(7)5(6)4(2)8/h3,5,7H,6H2,1-2H3/t3-,5-/m1/s1. The largest absolute Gasteiger partial charge is 0.391 e. The molecule has 3 nitrogen and oxygen atoms in total. The van der Waals surface area contributed by atoms with E-state index in [4.69, 9.17) is 10.8 Å². The summed E-state index contributed by atoms with van der Waals surface area (Å²) in [6, 6.07) is -0.713. The Balaban J connectivity index is 3.64. The van der Waals surface area contributed by atoms with Crippen LogP contribution in [0.3, 0.4) is 0 Å². The molecule has 8 heavy (non-hydrogen) atoms. The highest BCUT2D eigenvalue weighted by molar-refractivity contribution is 5.81. The first-order valence-electron chi connectivity index (χ1n) is 2.50. The third kappa shape index (κ3) is 2.04. The van der Waals surface area contributed by atoms with E-state index < -0.39 is 12.1 Å². The van der Waals surface area contributed by atoms with Crippen molar-refractivity contribution in [3.8, 4) is 0 Å². The predicted octanol–water partition coefficient (Wildman–Crippen LogP) is -0.716. The lowest BCUT2D eigenvalue weighted by Gasteiger charge is -2.08. The Hall–Kier alpha value is -0.410. The van der Waals surface area contributed by atoms with Crippen molar-refractivity contribution in [2.75, 3.05) is 0 Å². The molecule has 0 aromatic carbocycles. The van der Waals surface area contributed by atoms with Crippen LogP contribution in [-0.2, 0) is 4.79 Å². The third-order valence-corrected chi connectivity index (χ3v) is 0.989. The fourth-order valence-electron chi connectivity index (χ4n) is 0.340. The minimum absolute atomic E-state index is 0.181. The van der Waals surface area contributed by atoms with Gasteiger partial charge in [-0.2, -0.15) is 0 Å². The van der Waals surface area contributed by atoms with E-state index in [0.717, 1.165) is 0 Å². The van der Waals surface area contributed by atoms with Crippen LogP contribution in [0.2, 0.25) is 0 Å². The first-order valence-corrected chi connectivity index (χ1v) is 2.50. The van der Waals surface area contributed by atoms with Gasteiger partial charge in [-0.05, 0) is 13.8 Å². The van der Waals surface area contributed by atoms with Crippen LogP contribution in [0.1, 0.15) is 13.8 Å². The third-order valence-electron chi connectivity index (χ3n) is 0.989. The lowest BCUT2D eigenvalue weighted by atomic mass is 10.1. The van der Waals surface area contributed by atoms with Crippen LogP contribution >= 0.6 is 0 Å². The Morgan fingerprint density at radius 2 is 2.12 bits per heavy atom. The van der Waals surface area contributed by atoms with Crippen molar-refractivity contribution in [1.29, 1.82) is 0 Å². The first kappa shape index (κ1) is 7.59. The normalized spacial score (nSPS) is 17.5. The minimum atomic E-state index is -0.729. The van der Waals surface area contributed by atoms with E-state index in [0.29, 0.717) is 0 Å². The fraction of sp³-hybridized carbons (Fsp3) is 0.800. The molecule has 0 saturated heterocycles. The molecule has 0 aromatic rings. The molecular weight excluding hydrogens is 106 g/mol. The maximum Gasteiger partial charge on any atom is 0.149 e. The van der Waals surface area contributed by atoms with Crippen molar-refractivity contribution in [2.24, 2.45) is 5.73 Å². The molecule has 0 fully saturated rings. The molecule has 0 spiro atoms. The van der Waals surface area contributed by atoms with Crippen LogP contribution in [0.4, 0.5) is 0 Å². The maximum absolute atomic E-state index is 10.3. The molecule has 2 atom stereocenters. The first-order chi connectivity index (χ1) is 3.55. The predicted molar refractivity (Wildman–Crippen MR) is 30.3 cm³/mol. The van der Waals surface area contributed by atoms with E-state index in [-0.39, 0.29) is 5.78 Å². The lowest BCUT2D eigenvalue weighted by Crippen LogP contribution is -2.38. The van der Waals surface area contributed by atoms with E-state index >= 15 is 0 Å². The van der Waals surface area contributed by atoms with Crippen LogP contribution in [0.5, 0.6) is 0 Å². The Morgan fingerprint density at radius 1 is 1.75 bits per heavy atom. The van der Waals surface area contributed by atoms with Crippen LogP contribution < -0.4 is 5.73 Å². The number of ketones is 1. The van der Waals surface area contributed by atoms with Gasteiger partial charge in [-0.15, -0.1) is 0 Å². The summed E-state index contributed by atoms with van der Waals surface area (Å²) in [5, 5.41) is 8.65. The summed E-state index contributed by atoms with van der Waals surface area (Å²) >= 11 is 0. The van der Waals surface area contributed by atoms with Crippen molar-refractivity contribution in [3.05, 3.63) is 0 Å². The Morgan fingerprint density at radius 3 is 2.12 bits per heavy atom. The SMILES string of the molecule is CC(=O)[C@H](N)[C@@H](C)O. The molecular formula is C5H11NO2. The van der Waals surface area contributed by atoms with E-state index in [2.05, 4.69) is 0 Å². The van der Waals surface area contributed by atoms with Gasteiger partial charge in [0.1, 0.15) is 5.78 Å². The maximum atomic E-state index is 10.3. The topological polar surface area (TPSA) is 63.3 Å². The molecule has 0 unspecified atom stereocenters. The van der Waals surface area contributed by atoms with Gasteiger partial charge in [0.05, 0.1) is 12.1 Å². The Kier molecular flexibility index (Phi) is 2.65. The number of aliphatic hydroxyl groups is 1. The molecule has 0 aliphatic rings. The van der Waals surface area contributed by atoms with Crippen LogP contribution in [0.25, 0.3) is 0 Å². The summed E-state index contributed by atoms with van der Waals surface area (Å²) in [6.07, 6.45) is -0.729. The van der Waals surface area contributed by atoms with Crippen molar-refractivity contribution in [1.82, 2.24) is 0 Å². The van der Waals surface area contributed by atoms with Gasteiger partial charge >= 0.3 is 0 Å². The highest BCUT2D eigenvalue weighted by Gasteiger charge is 2.12. The average Bonchev–Trinajstić information content (AvgIpc) is 1.64. The van der Waals surface area contributed by atoms with Crippen molar-refractivity contribution in [2.45, 2.75) is 26.0 Å². The van der Waals surface area contributed by atoms with Gasteiger partial charge in [-0.1, -0.05) is 0 Å². The van der Waals surface area contributed by atoms with Crippen molar-refractivity contribution < 1.29 is 9.90 Å². The fourth-order valence-corrected chi connectivity index (χ4v) is 0.340. The highest BCUT2D eigenvalue weighted by Crippen LogP contribution is 1.87. The van der Waals surface area contributed by atoms with Crippen LogP contribution in [0.15, 0.2) is 0 Å². The van der Waals surface area contributed by atoms with Gasteiger partial charge in [-0.3, -0.25) is 4.79 Å². The average molecular weight is 117 g/mol. The molecule has 0 rings (SSSR count). The van der Waals surface area contributed by atoms with E-state index in [9.17, 15) is 4.79 Å². The molecule has 0 radical (unpaired) electrons. The van der Waals surface area contributed by atoms with Gasteiger partial charge < -0.3 is 10.8 Å². The smallest absolute Gasteiger partial charge is 0.149 e. The molecule has 3 N–H and O–H groups in total. The molecule has 48 valence electrons. The zero-order valence-corrected chi connectivity index (χ0v) is 5.09. The number of hydrogen-bond donors (Lipinski definition) is 2. The number of carbonyl (C=O) groups excluding carboxylic acids is 1. The number of nitrogens with two attached hydrogens (primary N) is 1. The second kappa shape index (κ2) is 2.79. The zero-order valence-electron chi connectivity index (χ0n) is 5.09. The molecule has 0 aliphatic heterocycles. The van der Waals surface area contributed by atoms with E-state index in [1.807, 2.05) is 0 Å². The number of hydrogen-bond acceptors (Lipinski definition) is 3.